The normalized spacial score (nSPS) is 20.5. The monoisotopic (exact) mass is 469 g/mol. The van der Waals surface area contributed by atoms with E-state index in [2.05, 4.69) is 0 Å². The number of hydrogen-bond donors (Lipinski definition) is 1. The van der Waals surface area contributed by atoms with E-state index in [-0.39, 0.29) is 22.7 Å². The summed E-state index contributed by atoms with van der Waals surface area (Å²) in [6.45, 7) is 0. The number of nitro benzene ring substituents is 2. The zero-order valence-corrected chi connectivity index (χ0v) is 17.1. The lowest BCUT2D eigenvalue weighted by molar-refractivity contribution is -0.385. The van der Waals surface area contributed by atoms with Gasteiger partial charge in [0, 0.05) is 24.3 Å². The van der Waals surface area contributed by atoms with Crippen LogP contribution in [0.1, 0.15) is 12.8 Å². The van der Waals surface area contributed by atoms with Crippen LogP contribution >= 0.6 is 0 Å². The molecule has 34 heavy (non-hydrogen) atoms. The molecule has 1 N–H and O–H groups in total. The molecule has 2 fully saturated rings. The number of amides is 4. The van der Waals surface area contributed by atoms with Crippen LogP contribution in [0.15, 0.2) is 48.5 Å². The predicted molar refractivity (Wildman–Crippen MR) is 112 cm³/mol. The van der Waals surface area contributed by atoms with Gasteiger partial charge in [-0.1, -0.05) is 0 Å². The van der Waals surface area contributed by atoms with Crippen molar-refractivity contribution in [3.63, 3.8) is 0 Å². The van der Waals surface area contributed by atoms with Crippen LogP contribution in [-0.4, -0.2) is 55.8 Å². The average molecular weight is 469 g/mol. The molecule has 174 valence electrons. The van der Waals surface area contributed by atoms with Gasteiger partial charge in [-0.3, -0.25) is 39.4 Å². The van der Waals surface area contributed by atoms with Crippen molar-refractivity contribution >= 4 is 46.4 Å². The number of carbonyl (C=O) groups is 4. The van der Waals surface area contributed by atoms with E-state index in [4.69, 9.17) is 0 Å². The van der Waals surface area contributed by atoms with Crippen molar-refractivity contribution in [1.29, 1.82) is 0 Å². The summed E-state index contributed by atoms with van der Waals surface area (Å²) in [6, 6.07) is 6.36. The van der Waals surface area contributed by atoms with Crippen molar-refractivity contribution in [1.82, 2.24) is 5.06 Å². The zero-order chi connectivity index (χ0) is 24.7. The molecule has 0 aromatic heterocycles. The Morgan fingerprint density at radius 1 is 0.706 bits per heavy atom. The lowest BCUT2D eigenvalue weighted by Crippen LogP contribution is -2.49. The SMILES string of the molecule is O=C1C[C@@H](N(O)[C@@H]2CC(=O)N(c3ccc([N+](=O)[O-])cc3)C2=O)C(=O)N1c1ccc([N+](=O)[O-])cc1. The van der Waals surface area contributed by atoms with E-state index < -0.39 is 58.4 Å². The predicted octanol–water partition coefficient (Wildman–Crippen LogP) is 1.16. The minimum Gasteiger partial charge on any atom is -0.312 e. The number of nitro groups is 2. The summed E-state index contributed by atoms with van der Waals surface area (Å²) in [4.78, 5) is 72.5. The van der Waals surface area contributed by atoms with E-state index in [1.807, 2.05) is 0 Å². The first-order chi connectivity index (χ1) is 16.1. The topological polar surface area (TPSA) is 185 Å². The zero-order valence-electron chi connectivity index (χ0n) is 17.1. The Bertz CT molecular complexity index is 1130. The van der Waals surface area contributed by atoms with Crippen LogP contribution in [0.4, 0.5) is 22.7 Å². The van der Waals surface area contributed by atoms with E-state index in [9.17, 15) is 44.6 Å². The molecule has 0 radical (unpaired) electrons. The Labute approximate surface area is 189 Å². The van der Waals surface area contributed by atoms with Gasteiger partial charge in [-0.15, -0.1) is 0 Å². The second-order valence-electron chi connectivity index (χ2n) is 7.50. The van der Waals surface area contributed by atoms with Gasteiger partial charge in [-0.2, -0.15) is 5.06 Å². The first-order valence-corrected chi connectivity index (χ1v) is 9.80. The number of rotatable bonds is 6. The minimum atomic E-state index is -1.46. The number of nitrogens with zero attached hydrogens (tertiary/aromatic N) is 5. The highest BCUT2D eigenvalue weighted by molar-refractivity contribution is 6.24. The van der Waals surface area contributed by atoms with Crippen molar-refractivity contribution in [2.24, 2.45) is 0 Å². The van der Waals surface area contributed by atoms with Gasteiger partial charge < -0.3 is 5.21 Å². The van der Waals surface area contributed by atoms with Crippen LogP contribution in [0, 0.1) is 20.2 Å². The van der Waals surface area contributed by atoms with Crippen LogP contribution in [0.5, 0.6) is 0 Å². The summed E-state index contributed by atoms with van der Waals surface area (Å²) < 4.78 is 0. The molecule has 2 aliphatic rings. The van der Waals surface area contributed by atoms with Gasteiger partial charge in [-0.05, 0) is 24.3 Å². The van der Waals surface area contributed by atoms with E-state index >= 15 is 0 Å². The quantitative estimate of drug-likeness (QED) is 0.366. The molecule has 0 aliphatic carbocycles. The number of imide groups is 2. The third kappa shape index (κ3) is 3.76. The minimum absolute atomic E-state index is 0.0535. The maximum Gasteiger partial charge on any atom is 0.269 e. The molecule has 2 aromatic rings. The van der Waals surface area contributed by atoms with Gasteiger partial charge in [0.15, 0.2) is 0 Å². The highest BCUT2D eigenvalue weighted by Gasteiger charge is 2.50. The van der Waals surface area contributed by atoms with Gasteiger partial charge in [0.05, 0.1) is 34.1 Å². The van der Waals surface area contributed by atoms with E-state index in [0.29, 0.717) is 5.06 Å². The fourth-order valence-corrected chi connectivity index (χ4v) is 3.85. The third-order valence-corrected chi connectivity index (χ3v) is 5.52. The standard InChI is InChI=1S/C20H15N5O9/c26-17-9-15(19(28)21(17)11-1-5-13(6-2-11)24(31)32)23(30)16-10-18(27)22(20(16)29)12-3-7-14(8-4-12)25(33)34/h1-8,15-16,30H,9-10H2/t15-,16-/m1/s1. The van der Waals surface area contributed by atoms with Crippen LogP contribution in [-0.2, 0) is 19.2 Å². The van der Waals surface area contributed by atoms with E-state index in [1.165, 1.54) is 24.3 Å². The summed E-state index contributed by atoms with van der Waals surface area (Å²) >= 11 is 0. The fourth-order valence-electron chi connectivity index (χ4n) is 3.85. The molecule has 2 atom stereocenters. The molecule has 2 aliphatic heterocycles. The molecule has 0 bridgehead atoms. The van der Waals surface area contributed by atoms with Gasteiger partial charge in [0.1, 0.15) is 12.1 Å². The highest BCUT2D eigenvalue weighted by Crippen LogP contribution is 2.31. The summed E-state index contributed by atoms with van der Waals surface area (Å²) in [5.41, 5.74) is -0.384. The lowest BCUT2D eigenvalue weighted by Gasteiger charge is -2.25. The number of hydroxylamine groups is 2. The first kappa shape index (κ1) is 22.6. The highest BCUT2D eigenvalue weighted by atomic mass is 16.6. The summed E-state index contributed by atoms with van der Waals surface area (Å²) in [6.07, 6.45) is -0.969. The summed E-state index contributed by atoms with van der Waals surface area (Å²) in [5, 5.41) is 32.6. The second kappa shape index (κ2) is 8.42. The lowest BCUT2D eigenvalue weighted by atomic mass is 10.1. The third-order valence-electron chi connectivity index (χ3n) is 5.52. The molecule has 14 heteroatoms. The van der Waals surface area contributed by atoms with Crippen molar-refractivity contribution in [2.45, 2.75) is 24.9 Å². The second-order valence-corrected chi connectivity index (χ2v) is 7.50. The molecule has 0 saturated carbocycles. The van der Waals surface area contributed by atoms with Crippen LogP contribution < -0.4 is 9.80 Å². The maximum absolute atomic E-state index is 12.9. The molecule has 2 aromatic carbocycles. The van der Waals surface area contributed by atoms with Crippen molar-refractivity contribution in [2.75, 3.05) is 9.80 Å². The largest absolute Gasteiger partial charge is 0.312 e. The Balaban J connectivity index is 1.53. The number of benzene rings is 2. The molecule has 0 spiro atoms. The smallest absolute Gasteiger partial charge is 0.269 e. The average Bonchev–Trinajstić information content (AvgIpc) is 3.27. The number of hydrogen-bond acceptors (Lipinski definition) is 10. The van der Waals surface area contributed by atoms with Crippen LogP contribution in [0.3, 0.4) is 0 Å². The van der Waals surface area contributed by atoms with E-state index in [1.54, 1.807) is 0 Å². The molecule has 0 unspecified atom stereocenters. The molecular formula is C20H15N5O9. The van der Waals surface area contributed by atoms with Crippen molar-refractivity contribution in [3.8, 4) is 0 Å². The van der Waals surface area contributed by atoms with Crippen molar-refractivity contribution in [3.05, 3.63) is 68.8 Å². The fraction of sp³-hybridized carbons (Fsp3) is 0.200. The van der Waals surface area contributed by atoms with Gasteiger partial charge in [0.25, 0.3) is 23.2 Å². The summed E-state index contributed by atoms with van der Waals surface area (Å²) in [5.74, 6) is -3.13. The number of carbonyl (C=O) groups excluding carboxylic acids is 4. The number of anilines is 2. The molecular weight excluding hydrogens is 454 g/mol. The van der Waals surface area contributed by atoms with Gasteiger partial charge in [0.2, 0.25) is 11.8 Å². The molecule has 4 amide bonds. The Morgan fingerprint density at radius 2 is 1.03 bits per heavy atom. The van der Waals surface area contributed by atoms with E-state index in [0.717, 1.165) is 34.1 Å². The molecule has 2 saturated heterocycles. The van der Waals surface area contributed by atoms with Crippen molar-refractivity contribution < 1.29 is 34.2 Å². The Morgan fingerprint density at radius 3 is 1.32 bits per heavy atom. The molecule has 4 rings (SSSR count). The first-order valence-electron chi connectivity index (χ1n) is 9.80. The molecule has 14 nitrogen and oxygen atoms in total. The number of non-ortho nitro benzene ring substituents is 2. The Kier molecular flexibility index (Phi) is 5.60. The Hall–Kier alpha value is -4.56. The van der Waals surface area contributed by atoms with Gasteiger partial charge >= 0.3 is 0 Å². The van der Waals surface area contributed by atoms with Crippen LogP contribution in [0.2, 0.25) is 0 Å². The maximum atomic E-state index is 12.9. The van der Waals surface area contributed by atoms with Crippen LogP contribution in [0.25, 0.3) is 0 Å². The van der Waals surface area contributed by atoms with Gasteiger partial charge in [-0.25, -0.2) is 9.80 Å². The molecule has 2 heterocycles. The summed E-state index contributed by atoms with van der Waals surface area (Å²) in [7, 11) is 0.